The molecule has 3 heteroatoms. The van der Waals surface area contributed by atoms with Crippen molar-refractivity contribution in [3.05, 3.63) is 29.3 Å². The highest BCUT2D eigenvalue weighted by atomic mass is 16.1. The van der Waals surface area contributed by atoms with Crippen molar-refractivity contribution in [3.8, 4) is 0 Å². The van der Waals surface area contributed by atoms with Gasteiger partial charge in [0, 0.05) is 17.8 Å². The number of hydrogen-bond acceptors (Lipinski definition) is 3. The third-order valence-electron chi connectivity index (χ3n) is 3.84. The molecule has 0 aromatic heterocycles. The summed E-state index contributed by atoms with van der Waals surface area (Å²) in [6.07, 6.45) is 1.02. The Morgan fingerprint density at radius 2 is 2.11 bits per heavy atom. The van der Waals surface area contributed by atoms with Gasteiger partial charge in [-0.3, -0.25) is 9.69 Å². The molecular formula is C15H22N2O. The van der Waals surface area contributed by atoms with Crippen molar-refractivity contribution in [1.29, 1.82) is 0 Å². The maximum Gasteiger partial charge on any atom is 0.179 e. The number of nitrogens with zero attached hydrogens (tertiary/aromatic N) is 1. The smallest absolute Gasteiger partial charge is 0.179 e. The summed E-state index contributed by atoms with van der Waals surface area (Å²) in [6, 6.07) is 5.99. The molecule has 0 bridgehead atoms. The molecule has 1 atom stereocenters. The van der Waals surface area contributed by atoms with E-state index in [1.54, 1.807) is 0 Å². The van der Waals surface area contributed by atoms with Crippen molar-refractivity contribution in [2.45, 2.75) is 33.2 Å². The molecule has 1 aromatic rings. The van der Waals surface area contributed by atoms with Gasteiger partial charge in [-0.05, 0) is 50.2 Å². The number of anilines is 1. The van der Waals surface area contributed by atoms with Crippen molar-refractivity contribution in [2.75, 3.05) is 25.0 Å². The summed E-state index contributed by atoms with van der Waals surface area (Å²) in [5.74, 6) is 0.230. The first-order chi connectivity index (χ1) is 8.67. The summed E-state index contributed by atoms with van der Waals surface area (Å²) in [6.45, 7) is 9.00. The maximum absolute atomic E-state index is 12.4. The Balaban J connectivity index is 2.18. The quantitative estimate of drug-likeness (QED) is 0.810. The number of hydrogen-bond donors (Lipinski definition) is 1. The van der Waals surface area contributed by atoms with Gasteiger partial charge >= 0.3 is 0 Å². The lowest BCUT2D eigenvalue weighted by atomic mass is 10.0. The monoisotopic (exact) mass is 246 g/mol. The summed E-state index contributed by atoms with van der Waals surface area (Å²) >= 11 is 0. The Morgan fingerprint density at radius 1 is 1.39 bits per heavy atom. The summed E-state index contributed by atoms with van der Waals surface area (Å²) in [5, 5.41) is 3.32. The zero-order valence-electron chi connectivity index (χ0n) is 11.5. The van der Waals surface area contributed by atoms with E-state index in [0.29, 0.717) is 0 Å². The molecule has 1 N–H and O–H groups in total. The Kier molecular flexibility index (Phi) is 4.02. The summed E-state index contributed by atoms with van der Waals surface area (Å²) in [7, 11) is 0. The molecule has 2 rings (SSSR count). The Hall–Kier alpha value is -1.35. The van der Waals surface area contributed by atoms with E-state index >= 15 is 0 Å². The second-order valence-electron chi connectivity index (χ2n) is 4.81. The number of ketones is 1. The van der Waals surface area contributed by atoms with Gasteiger partial charge in [-0.2, -0.15) is 0 Å². The Bertz CT molecular complexity index is 438. The number of Topliss-reactive ketones (excluding diaryl/α,β-unsaturated/α-hetero) is 1. The highest BCUT2D eigenvalue weighted by Crippen LogP contribution is 2.24. The number of fused-ring (bicyclic) bond motifs is 1. The number of nitrogens with one attached hydrogen (secondary N) is 1. The van der Waals surface area contributed by atoms with Crippen LogP contribution in [0.4, 0.5) is 5.69 Å². The van der Waals surface area contributed by atoms with E-state index in [9.17, 15) is 4.79 Å². The number of rotatable bonds is 5. The molecule has 0 amide bonds. The maximum atomic E-state index is 12.4. The van der Waals surface area contributed by atoms with Gasteiger partial charge in [0.1, 0.15) is 0 Å². The average Bonchev–Trinajstić information content (AvgIpc) is 2.86. The minimum absolute atomic E-state index is 0.0348. The SMILES string of the molecule is CCN(CC)C(C)C(=O)c1ccc2c(c1)CCN2. The fraction of sp³-hybridized carbons (Fsp3) is 0.533. The predicted octanol–water partition coefficient (Wildman–Crippen LogP) is 2.57. The molecule has 0 spiro atoms. The summed E-state index contributed by atoms with van der Waals surface area (Å²) in [5.41, 5.74) is 3.30. The normalized spacial score (nSPS) is 15.3. The van der Waals surface area contributed by atoms with Gasteiger partial charge in [-0.1, -0.05) is 13.8 Å². The summed E-state index contributed by atoms with van der Waals surface area (Å²) in [4.78, 5) is 14.6. The van der Waals surface area contributed by atoms with Gasteiger partial charge in [0.2, 0.25) is 0 Å². The molecule has 0 radical (unpaired) electrons. The number of benzene rings is 1. The third kappa shape index (κ3) is 2.41. The van der Waals surface area contributed by atoms with Crippen LogP contribution in [0.1, 0.15) is 36.7 Å². The molecule has 3 nitrogen and oxygen atoms in total. The molecule has 1 aromatic carbocycles. The third-order valence-corrected chi connectivity index (χ3v) is 3.84. The second-order valence-corrected chi connectivity index (χ2v) is 4.81. The lowest BCUT2D eigenvalue weighted by molar-refractivity contribution is 0.0851. The average molecular weight is 246 g/mol. The van der Waals surface area contributed by atoms with Crippen LogP contribution in [0.2, 0.25) is 0 Å². The molecule has 0 saturated carbocycles. The topological polar surface area (TPSA) is 32.3 Å². The molecule has 0 aliphatic carbocycles. The second kappa shape index (κ2) is 5.53. The number of likely N-dealkylation sites (N-methyl/N-ethyl adjacent to an activating group) is 1. The van der Waals surface area contributed by atoms with Gasteiger partial charge in [0.05, 0.1) is 6.04 Å². The fourth-order valence-corrected chi connectivity index (χ4v) is 2.64. The van der Waals surface area contributed by atoms with Gasteiger partial charge in [0.25, 0.3) is 0 Å². The van der Waals surface area contributed by atoms with Crippen LogP contribution in [0.25, 0.3) is 0 Å². The van der Waals surface area contributed by atoms with Gasteiger partial charge in [-0.15, -0.1) is 0 Å². The number of carbonyl (C=O) groups excluding carboxylic acids is 1. The lowest BCUT2D eigenvalue weighted by Crippen LogP contribution is -2.38. The van der Waals surface area contributed by atoms with Crippen molar-refractivity contribution < 1.29 is 4.79 Å². The van der Waals surface area contributed by atoms with E-state index < -0.39 is 0 Å². The van der Waals surface area contributed by atoms with Gasteiger partial charge in [0.15, 0.2) is 5.78 Å². The molecule has 98 valence electrons. The molecule has 1 heterocycles. The van der Waals surface area contributed by atoms with Crippen LogP contribution >= 0.6 is 0 Å². The highest BCUT2D eigenvalue weighted by Gasteiger charge is 2.21. The van der Waals surface area contributed by atoms with E-state index in [-0.39, 0.29) is 11.8 Å². The van der Waals surface area contributed by atoms with E-state index in [2.05, 4.69) is 30.1 Å². The van der Waals surface area contributed by atoms with E-state index in [1.165, 1.54) is 11.3 Å². The van der Waals surface area contributed by atoms with Crippen LogP contribution in [0.5, 0.6) is 0 Å². The van der Waals surface area contributed by atoms with E-state index in [0.717, 1.165) is 31.6 Å². The van der Waals surface area contributed by atoms with E-state index in [4.69, 9.17) is 0 Å². The first-order valence-corrected chi connectivity index (χ1v) is 6.82. The Morgan fingerprint density at radius 3 is 2.78 bits per heavy atom. The lowest BCUT2D eigenvalue weighted by Gasteiger charge is -2.25. The standard InChI is InChI=1S/C15H22N2O/c1-4-17(5-2)11(3)15(18)13-6-7-14-12(10-13)8-9-16-14/h6-7,10-11,16H,4-5,8-9H2,1-3H3. The molecule has 0 fully saturated rings. The van der Waals surface area contributed by atoms with Crippen LogP contribution in [-0.2, 0) is 6.42 Å². The molecule has 18 heavy (non-hydrogen) atoms. The van der Waals surface area contributed by atoms with Crippen molar-refractivity contribution in [3.63, 3.8) is 0 Å². The Labute approximate surface area is 109 Å². The summed E-state index contributed by atoms with van der Waals surface area (Å²) < 4.78 is 0. The minimum Gasteiger partial charge on any atom is -0.384 e. The minimum atomic E-state index is -0.0348. The fourth-order valence-electron chi connectivity index (χ4n) is 2.64. The van der Waals surface area contributed by atoms with E-state index in [1.807, 2.05) is 19.1 Å². The largest absolute Gasteiger partial charge is 0.384 e. The predicted molar refractivity (Wildman–Crippen MR) is 75.3 cm³/mol. The molecule has 1 aliphatic rings. The molecule has 1 aliphatic heterocycles. The van der Waals surface area contributed by atoms with Crippen LogP contribution < -0.4 is 5.32 Å². The molecule has 0 saturated heterocycles. The van der Waals surface area contributed by atoms with Gasteiger partial charge < -0.3 is 5.32 Å². The highest BCUT2D eigenvalue weighted by molar-refractivity contribution is 6.00. The van der Waals surface area contributed by atoms with Crippen molar-refractivity contribution in [1.82, 2.24) is 4.90 Å². The van der Waals surface area contributed by atoms with Crippen molar-refractivity contribution >= 4 is 11.5 Å². The van der Waals surface area contributed by atoms with Crippen LogP contribution in [-0.4, -0.2) is 36.4 Å². The van der Waals surface area contributed by atoms with Crippen LogP contribution in [0.15, 0.2) is 18.2 Å². The van der Waals surface area contributed by atoms with Crippen molar-refractivity contribution in [2.24, 2.45) is 0 Å². The van der Waals surface area contributed by atoms with Crippen LogP contribution in [0, 0.1) is 0 Å². The molecule has 1 unspecified atom stereocenters. The first-order valence-electron chi connectivity index (χ1n) is 6.82. The zero-order chi connectivity index (χ0) is 13.1. The first kappa shape index (κ1) is 13.1. The van der Waals surface area contributed by atoms with Gasteiger partial charge in [-0.25, -0.2) is 0 Å². The zero-order valence-corrected chi connectivity index (χ0v) is 11.5. The molecular weight excluding hydrogens is 224 g/mol. The number of carbonyl (C=O) groups is 1. The van der Waals surface area contributed by atoms with Crippen LogP contribution in [0.3, 0.4) is 0 Å².